The highest BCUT2D eigenvalue weighted by molar-refractivity contribution is 4.82. The number of piperazine rings is 1. The number of hydrogen-bond acceptors (Lipinski definition) is 3. The molecule has 2 unspecified atom stereocenters. The van der Waals surface area contributed by atoms with Gasteiger partial charge in [0.2, 0.25) is 0 Å². The van der Waals surface area contributed by atoms with Crippen molar-refractivity contribution in [2.75, 3.05) is 39.3 Å². The van der Waals surface area contributed by atoms with Gasteiger partial charge in [-0.25, -0.2) is 0 Å². The van der Waals surface area contributed by atoms with E-state index in [1.807, 2.05) is 0 Å². The fourth-order valence-corrected chi connectivity index (χ4v) is 2.68. The van der Waals surface area contributed by atoms with Crippen LogP contribution in [-0.4, -0.2) is 61.2 Å². The zero-order valence-corrected chi connectivity index (χ0v) is 10.2. The monoisotopic (exact) mass is 211 g/mol. The van der Waals surface area contributed by atoms with Gasteiger partial charge in [0.25, 0.3) is 0 Å². The van der Waals surface area contributed by atoms with E-state index >= 15 is 0 Å². The first-order valence-corrected chi connectivity index (χ1v) is 6.45. The van der Waals surface area contributed by atoms with Crippen LogP contribution in [-0.2, 0) is 0 Å². The highest BCUT2D eigenvalue weighted by Gasteiger charge is 2.22. The van der Waals surface area contributed by atoms with Crippen LogP contribution in [0.25, 0.3) is 0 Å². The molecule has 0 aromatic rings. The van der Waals surface area contributed by atoms with E-state index in [4.69, 9.17) is 0 Å². The minimum Gasteiger partial charge on any atom is -0.311 e. The first-order valence-electron chi connectivity index (χ1n) is 6.45. The summed E-state index contributed by atoms with van der Waals surface area (Å²) in [5.74, 6) is 0. The topological polar surface area (TPSA) is 18.5 Å². The van der Waals surface area contributed by atoms with Crippen LogP contribution in [0.4, 0.5) is 0 Å². The Hall–Kier alpha value is -0.120. The van der Waals surface area contributed by atoms with Crippen LogP contribution in [0, 0.1) is 0 Å². The van der Waals surface area contributed by atoms with E-state index in [0.29, 0.717) is 12.1 Å². The SMILES string of the molecule is CC1CN(CCN2CCCC2)C(C)CN1. The van der Waals surface area contributed by atoms with Gasteiger partial charge < -0.3 is 10.2 Å². The number of nitrogens with zero attached hydrogens (tertiary/aromatic N) is 2. The zero-order valence-electron chi connectivity index (χ0n) is 10.2. The van der Waals surface area contributed by atoms with Gasteiger partial charge in [0, 0.05) is 38.3 Å². The second kappa shape index (κ2) is 5.28. The van der Waals surface area contributed by atoms with E-state index in [2.05, 4.69) is 29.0 Å². The Morgan fingerprint density at radius 2 is 1.87 bits per heavy atom. The molecule has 0 aromatic heterocycles. The molecule has 2 atom stereocenters. The van der Waals surface area contributed by atoms with Gasteiger partial charge in [0.1, 0.15) is 0 Å². The maximum atomic E-state index is 3.53. The molecule has 3 nitrogen and oxygen atoms in total. The van der Waals surface area contributed by atoms with Gasteiger partial charge in [-0.3, -0.25) is 4.90 Å². The van der Waals surface area contributed by atoms with Gasteiger partial charge in [0.15, 0.2) is 0 Å². The van der Waals surface area contributed by atoms with Gasteiger partial charge in [-0.15, -0.1) is 0 Å². The molecular weight excluding hydrogens is 186 g/mol. The highest BCUT2D eigenvalue weighted by Crippen LogP contribution is 2.10. The molecule has 2 heterocycles. The quantitative estimate of drug-likeness (QED) is 0.744. The van der Waals surface area contributed by atoms with Crippen molar-refractivity contribution in [3.8, 4) is 0 Å². The van der Waals surface area contributed by atoms with Gasteiger partial charge >= 0.3 is 0 Å². The van der Waals surface area contributed by atoms with E-state index in [1.165, 1.54) is 45.6 Å². The number of nitrogens with one attached hydrogen (secondary N) is 1. The van der Waals surface area contributed by atoms with Gasteiger partial charge in [-0.1, -0.05) is 0 Å². The van der Waals surface area contributed by atoms with Crippen LogP contribution in [0.1, 0.15) is 26.7 Å². The largest absolute Gasteiger partial charge is 0.311 e. The third-order valence-corrected chi connectivity index (χ3v) is 3.80. The van der Waals surface area contributed by atoms with Crippen LogP contribution in [0.5, 0.6) is 0 Å². The van der Waals surface area contributed by atoms with Crippen molar-refractivity contribution in [1.82, 2.24) is 15.1 Å². The van der Waals surface area contributed by atoms with Gasteiger partial charge in [-0.05, 0) is 39.8 Å². The van der Waals surface area contributed by atoms with Crippen molar-refractivity contribution in [2.45, 2.75) is 38.8 Å². The third-order valence-electron chi connectivity index (χ3n) is 3.80. The van der Waals surface area contributed by atoms with E-state index in [-0.39, 0.29) is 0 Å². The first-order chi connectivity index (χ1) is 7.25. The molecule has 0 spiro atoms. The summed E-state index contributed by atoms with van der Waals surface area (Å²) in [5.41, 5.74) is 0. The molecule has 0 aliphatic carbocycles. The van der Waals surface area contributed by atoms with E-state index in [1.54, 1.807) is 0 Å². The standard InChI is InChI=1S/C12H25N3/c1-11-10-15(12(2)9-13-11)8-7-14-5-3-4-6-14/h11-13H,3-10H2,1-2H3. The molecule has 2 rings (SSSR count). The minimum absolute atomic E-state index is 0.666. The normalized spacial score (nSPS) is 34.8. The molecule has 0 saturated carbocycles. The molecule has 2 saturated heterocycles. The van der Waals surface area contributed by atoms with Crippen LogP contribution in [0.15, 0.2) is 0 Å². The fraction of sp³-hybridized carbons (Fsp3) is 1.00. The van der Waals surface area contributed by atoms with Crippen LogP contribution < -0.4 is 5.32 Å². The lowest BCUT2D eigenvalue weighted by Gasteiger charge is -2.38. The maximum Gasteiger partial charge on any atom is 0.0193 e. The van der Waals surface area contributed by atoms with Crippen molar-refractivity contribution < 1.29 is 0 Å². The summed E-state index contributed by atoms with van der Waals surface area (Å²) in [6, 6.07) is 1.38. The maximum absolute atomic E-state index is 3.53. The summed E-state index contributed by atoms with van der Waals surface area (Å²) >= 11 is 0. The molecular formula is C12H25N3. The zero-order chi connectivity index (χ0) is 10.7. The molecule has 2 fully saturated rings. The van der Waals surface area contributed by atoms with E-state index in [0.717, 1.165) is 6.54 Å². The van der Waals surface area contributed by atoms with Crippen molar-refractivity contribution in [1.29, 1.82) is 0 Å². The molecule has 3 heteroatoms. The lowest BCUT2D eigenvalue weighted by Crippen LogP contribution is -2.55. The summed E-state index contributed by atoms with van der Waals surface area (Å²) in [6.45, 7) is 12.2. The predicted octanol–water partition coefficient (Wildman–Crippen LogP) is 0.764. The Morgan fingerprint density at radius 1 is 1.13 bits per heavy atom. The Morgan fingerprint density at radius 3 is 2.60 bits per heavy atom. The molecule has 15 heavy (non-hydrogen) atoms. The van der Waals surface area contributed by atoms with Crippen molar-refractivity contribution in [3.63, 3.8) is 0 Å². The molecule has 2 aliphatic heterocycles. The Bertz CT molecular complexity index is 189. The van der Waals surface area contributed by atoms with E-state index < -0.39 is 0 Å². The Balaban J connectivity index is 1.72. The minimum atomic E-state index is 0.666. The van der Waals surface area contributed by atoms with Gasteiger partial charge in [0.05, 0.1) is 0 Å². The van der Waals surface area contributed by atoms with Crippen LogP contribution in [0.3, 0.4) is 0 Å². The second-order valence-corrected chi connectivity index (χ2v) is 5.20. The summed E-state index contributed by atoms with van der Waals surface area (Å²) in [6.07, 6.45) is 2.82. The Kier molecular flexibility index (Phi) is 4.00. The molecule has 88 valence electrons. The molecule has 0 amide bonds. The molecule has 0 aromatic carbocycles. The van der Waals surface area contributed by atoms with Crippen molar-refractivity contribution >= 4 is 0 Å². The smallest absolute Gasteiger partial charge is 0.0193 e. The van der Waals surface area contributed by atoms with Crippen LogP contribution in [0.2, 0.25) is 0 Å². The third kappa shape index (κ3) is 3.16. The lowest BCUT2D eigenvalue weighted by atomic mass is 10.1. The molecule has 0 bridgehead atoms. The average Bonchev–Trinajstić information content (AvgIpc) is 2.72. The number of hydrogen-bond donors (Lipinski definition) is 1. The summed E-state index contributed by atoms with van der Waals surface area (Å²) in [4.78, 5) is 5.25. The van der Waals surface area contributed by atoms with Crippen LogP contribution >= 0.6 is 0 Å². The van der Waals surface area contributed by atoms with Crippen molar-refractivity contribution in [2.24, 2.45) is 0 Å². The summed E-state index contributed by atoms with van der Waals surface area (Å²) in [5, 5.41) is 3.53. The average molecular weight is 211 g/mol. The Labute approximate surface area is 93.8 Å². The number of likely N-dealkylation sites (tertiary alicyclic amines) is 1. The van der Waals surface area contributed by atoms with E-state index in [9.17, 15) is 0 Å². The lowest BCUT2D eigenvalue weighted by molar-refractivity contribution is 0.130. The molecule has 2 aliphatic rings. The first kappa shape index (κ1) is 11.4. The highest BCUT2D eigenvalue weighted by atomic mass is 15.3. The summed E-state index contributed by atoms with van der Waals surface area (Å²) < 4.78 is 0. The number of rotatable bonds is 3. The molecule has 0 radical (unpaired) electrons. The predicted molar refractivity (Wildman–Crippen MR) is 64.2 cm³/mol. The fourth-order valence-electron chi connectivity index (χ4n) is 2.68. The van der Waals surface area contributed by atoms with Crippen molar-refractivity contribution in [3.05, 3.63) is 0 Å². The molecule has 1 N–H and O–H groups in total. The van der Waals surface area contributed by atoms with Gasteiger partial charge in [-0.2, -0.15) is 0 Å². The summed E-state index contributed by atoms with van der Waals surface area (Å²) in [7, 11) is 0. The second-order valence-electron chi connectivity index (χ2n) is 5.20.